The normalized spacial score (nSPS) is 23.2. The lowest BCUT2D eigenvalue weighted by atomic mass is 9.79. The molecular formula is C18H25NO2. The number of benzene rings is 1. The van der Waals surface area contributed by atoms with E-state index in [1.165, 1.54) is 37.9 Å². The molecule has 0 bridgehead atoms. The van der Waals surface area contributed by atoms with E-state index in [2.05, 4.69) is 17.0 Å². The SMILES string of the molecule is O=C1CCC(O)(c2cccc(CN3CCCCC3)c2)CC1. The highest BCUT2D eigenvalue weighted by atomic mass is 16.3. The fourth-order valence-corrected chi connectivity index (χ4v) is 3.57. The van der Waals surface area contributed by atoms with Crippen molar-refractivity contribution in [2.75, 3.05) is 13.1 Å². The van der Waals surface area contributed by atoms with Crippen LogP contribution in [0.5, 0.6) is 0 Å². The van der Waals surface area contributed by atoms with Crippen molar-refractivity contribution in [1.29, 1.82) is 0 Å². The summed E-state index contributed by atoms with van der Waals surface area (Å²) < 4.78 is 0. The molecule has 1 saturated carbocycles. The highest BCUT2D eigenvalue weighted by Crippen LogP contribution is 2.36. The van der Waals surface area contributed by atoms with Crippen LogP contribution in [-0.2, 0) is 16.9 Å². The van der Waals surface area contributed by atoms with Gasteiger partial charge in [-0.1, -0.05) is 30.7 Å². The molecule has 1 aromatic carbocycles. The van der Waals surface area contributed by atoms with Gasteiger partial charge in [0.2, 0.25) is 0 Å². The first-order valence-electron chi connectivity index (χ1n) is 8.22. The maximum absolute atomic E-state index is 11.4. The molecular weight excluding hydrogens is 262 g/mol. The molecule has 1 aliphatic carbocycles. The number of carbonyl (C=O) groups is 1. The number of aliphatic hydroxyl groups is 1. The number of Topliss-reactive ketones (excluding diaryl/α,β-unsaturated/α-hetero) is 1. The van der Waals surface area contributed by atoms with Crippen LogP contribution < -0.4 is 0 Å². The van der Waals surface area contributed by atoms with Gasteiger partial charge >= 0.3 is 0 Å². The summed E-state index contributed by atoms with van der Waals surface area (Å²) in [5, 5.41) is 10.8. The van der Waals surface area contributed by atoms with E-state index in [-0.39, 0.29) is 5.78 Å². The molecule has 0 atom stereocenters. The van der Waals surface area contributed by atoms with Crippen molar-refractivity contribution < 1.29 is 9.90 Å². The summed E-state index contributed by atoms with van der Waals surface area (Å²) >= 11 is 0. The number of rotatable bonds is 3. The summed E-state index contributed by atoms with van der Waals surface area (Å²) in [6.45, 7) is 3.34. The van der Waals surface area contributed by atoms with Crippen LogP contribution >= 0.6 is 0 Å². The standard InChI is InChI=1S/C18H25NO2/c20-17-7-9-18(21,10-8-17)16-6-4-5-15(13-16)14-19-11-2-1-3-12-19/h4-6,13,21H,1-3,7-12,14H2. The van der Waals surface area contributed by atoms with Crippen LogP contribution in [0.4, 0.5) is 0 Å². The van der Waals surface area contributed by atoms with E-state index in [4.69, 9.17) is 0 Å². The number of ketones is 1. The molecule has 1 saturated heterocycles. The lowest BCUT2D eigenvalue weighted by Gasteiger charge is -2.32. The molecule has 1 aromatic rings. The number of nitrogens with zero attached hydrogens (tertiary/aromatic N) is 1. The maximum Gasteiger partial charge on any atom is 0.133 e. The van der Waals surface area contributed by atoms with Gasteiger partial charge in [0.05, 0.1) is 5.60 Å². The monoisotopic (exact) mass is 287 g/mol. The van der Waals surface area contributed by atoms with Crippen molar-refractivity contribution in [1.82, 2.24) is 4.90 Å². The van der Waals surface area contributed by atoms with Crippen molar-refractivity contribution in [3.05, 3.63) is 35.4 Å². The van der Waals surface area contributed by atoms with E-state index >= 15 is 0 Å². The van der Waals surface area contributed by atoms with Gasteiger partial charge in [-0.25, -0.2) is 0 Å². The second kappa shape index (κ2) is 6.29. The lowest BCUT2D eigenvalue weighted by molar-refractivity contribution is -0.125. The number of carbonyl (C=O) groups excluding carboxylic acids is 1. The Morgan fingerprint density at radius 1 is 1.10 bits per heavy atom. The van der Waals surface area contributed by atoms with Crippen LogP contribution in [0.3, 0.4) is 0 Å². The van der Waals surface area contributed by atoms with Crippen molar-refractivity contribution in [2.24, 2.45) is 0 Å². The predicted molar refractivity (Wildman–Crippen MR) is 82.9 cm³/mol. The molecule has 2 aliphatic rings. The first kappa shape index (κ1) is 14.7. The first-order valence-corrected chi connectivity index (χ1v) is 8.22. The number of likely N-dealkylation sites (tertiary alicyclic amines) is 1. The molecule has 21 heavy (non-hydrogen) atoms. The Morgan fingerprint density at radius 2 is 1.81 bits per heavy atom. The van der Waals surface area contributed by atoms with Gasteiger partial charge in [-0.15, -0.1) is 0 Å². The quantitative estimate of drug-likeness (QED) is 0.929. The van der Waals surface area contributed by atoms with Crippen LogP contribution in [0.2, 0.25) is 0 Å². The molecule has 0 spiro atoms. The zero-order valence-electron chi connectivity index (χ0n) is 12.7. The number of hydrogen-bond donors (Lipinski definition) is 1. The van der Waals surface area contributed by atoms with Crippen molar-refractivity contribution in [3.8, 4) is 0 Å². The molecule has 2 fully saturated rings. The first-order chi connectivity index (χ1) is 10.2. The second-order valence-corrected chi connectivity index (χ2v) is 6.61. The maximum atomic E-state index is 11.4. The molecule has 1 heterocycles. The van der Waals surface area contributed by atoms with E-state index in [0.717, 1.165) is 12.1 Å². The van der Waals surface area contributed by atoms with Crippen LogP contribution in [0, 0.1) is 0 Å². The molecule has 0 amide bonds. The van der Waals surface area contributed by atoms with Crippen LogP contribution in [0.15, 0.2) is 24.3 Å². The summed E-state index contributed by atoms with van der Waals surface area (Å²) in [6.07, 6.45) is 6.10. The smallest absolute Gasteiger partial charge is 0.133 e. The Labute approximate surface area is 127 Å². The Kier molecular flexibility index (Phi) is 4.41. The average Bonchev–Trinajstić information content (AvgIpc) is 2.52. The van der Waals surface area contributed by atoms with Crippen molar-refractivity contribution in [2.45, 2.75) is 57.1 Å². The van der Waals surface area contributed by atoms with E-state index in [1.807, 2.05) is 12.1 Å². The summed E-state index contributed by atoms with van der Waals surface area (Å²) in [6, 6.07) is 8.35. The molecule has 3 heteroatoms. The molecule has 0 radical (unpaired) electrons. The van der Waals surface area contributed by atoms with Crippen molar-refractivity contribution in [3.63, 3.8) is 0 Å². The minimum Gasteiger partial charge on any atom is -0.385 e. The zero-order chi connectivity index (χ0) is 14.7. The Hall–Kier alpha value is -1.19. The van der Waals surface area contributed by atoms with Crippen LogP contribution in [0.1, 0.15) is 56.1 Å². The van der Waals surface area contributed by atoms with Gasteiger partial charge in [0.1, 0.15) is 5.78 Å². The second-order valence-electron chi connectivity index (χ2n) is 6.61. The topological polar surface area (TPSA) is 40.5 Å². The summed E-state index contributed by atoms with van der Waals surface area (Å²) in [7, 11) is 0. The van der Waals surface area contributed by atoms with Gasteiger partial charge in [-0.3, -0.25) is 9.69 Å². The van der Waals surface area contributed by atoms with E-state index in [9.17, 15) is 9.90 Å². The fourth-order valence-electron chi connectivity index (χ4n) is 3.57. The Morgan fingerprint density at radius 3 is 2.52 bits per heavy atom. The van der Waals surface area contributed by atoms with Gasteiger partial charge in [0.25, 0.3) is 0 Å². The minimum absolute atomic E-state index is 0.282. The average molecular weight is 287 g/mol. The summed E-state index contributed by atoms with van der Waals surface area (Å²) in [5.41, 5.74) is 1.47. The molecule has 1 aliphatic heterocycles. The predicted octanol–water partition coefficient (Wildman–Crippen LogP) is 3.00. The van der Waals surface area contributed by atoms with Crippen molar-refractivity contribution >= 4 is 5.78 Å². The molecule has 0 unspecified atom stereocenters. The van der Waals surface area contributed by atoms with E-state index in [1.54, 1.807) is 0 Å². The lowest BCUT2D eigenvalue weighted by Crippen LogP contribution is -2.32. The minimum atomic E-state index is -0.800. The summed E-state index contributed by atoms with van der Waals surface area (Å²) in [4.78, 5) is 13.9. The van der Waals surface area contributed by atoms with Gasteiger partial charge in [0.15, 0.2) is 0 Å². The highest BCUT2D eigenvalue weighted by molar-refractivity contribution is 5.79. The third-order valence-electron chi connectivity index (χ3n) is 4.95. The number of hydrogen-bond acceptors (Lipinski definition) is 3. The van der Waals surface area contributed by atoms with E-state index < -0.39 is 5.60 Å². The largest absolute Gasteiger partial charge is 0.385 e. The van der Waals surface area contributed by atoms with Gasteiger partial charge in [0, 0.05) is 19.4 Å². The zero-order valence-corrected chi connectivity index (χ0v) is 12.7. The fraction of sp³-hybridized carbons (Fsp3) is 0.611. The Bertz CT molecular complexity index is 496. The van der Waals surface area contributed by atoms with Gasteiger partial charge in [-0.2, -0.15) is 0 Å². The van der Waals surface area contributed by atoms with Gasteiger partial charge < -0.3 is 5.11 Å². The highest BCUT2D eigenvalue weighted by Gasteiger charge is 2.34. The Balaban J connectivity index is 1.71. The van der Waals surface area contributed by atoms with Crippen LogP contribution in [-0.4, -0.2) is 28.9 Å². The molecule has 3 rings (SSSR count). The molecule has 3 nitrogen and oxygen atoms in total. The molecule has 1 N–H and O–H groups in total. The molecule has 114 valence electrons. The van der Waals surface area contributed by atoms with Crippen LogP contribution in [0.25, 0.3) is 0 Å². The van der Waals surface area contributed by atoms with E-state index in [0.29, 0.717) is 25.7 Å². The molecule has 0 aromatic heterocycles. The van der Waals surface area contributed by atoms with Gasteiger partial charge in [-0.05, 0) is 49.9 Å². The number of piperidine rings is 1. The third kappa shape index (κ3) is 3.53. The summed E-state index contributed by atoms with van der Waals surface area (Å²) in [5.74, 6) is 0.282. The third-order valence-corrected chi connectivity index (χ3v) is 4.95.